The highest BCUT2D eigenvalue weighted by Crippen LogP contribution is 2.19. The van der Waals surface area contributed by atoms with E-state index >= 15 is 0 Å². The minimum Gasteiger partial charge on any atom is -0.496 e. The minimum absolute atomic E-state index is 0.0304. The normalized spacial score (nSPS) is 12.0. The molecule has 0 aromatic heterocycles. The van der Waals surface area contributed by atoms with E-state index in [1.54, 1.807) is 14.0 Å². The fraction of sp³-hybridized carbons (Fsp3) is 0.533. The summed E-state index contributed by atoms with van der Waals surface area (Å²) < 4.78 is 10.1. The summed E-state index contributed by atoms with van der Waals surface area (Å²) in [6.45, 7) is 4.23. The molecule has 106 valence electrons. The summed E-state index contributed by atoms with van der Waals surface area (Å²) in [5, 5.41) is 0. The van der Waals surface area contributed by atoms with E-state index in [-0.39, 0.29) is 12.0 Å². The molecule has 1 rings (SSSR count). The molecule has 0 fully saturated rings. The van der Waals surface area contributed by atoms with Gasteiger partial charge in [0.1, 0.15) is 5.75 Å². The topological polar surface area (TPSA) is 61.5 Å². The van der Waals surface area contributed by atoms with Crippen LogP contribution in [0.2, 0.25) is 0 Å². The van der Waals surface area contributed by atoms with Gasteiger partial charge in [-0.15, -0.1) is 0 Å². The first kappa shape index (κ1) is 15.5. The van der Waals surface area contributed by atoms with Crippen molar-refractivity contribution in [2.75, 3.05) is 13.7 Å². The van der Waals surface area contributed by atoms with E-state index in [4.69, 9.17) is 15.2 Å². The van der Waals surface area contributed by atoms with Crippen molar-refractivity contribution < 1.29 is 14.3 Å². The zero-order chi connectivity index (χ0) is 14.3. The summed E-state index contributed by atoms with van der Waals surface area (Å²) >= 11 is 0. The molecule has 0 saturated carbocycles. The van der Waals surface area contributed by atoms with Crippen LogP contribution in [0.4, 0.5) is 0 Å². The van der Waals surface area contributed by atoms with Gasteiger partial charge in [0.25, 0.3) is 0 Å². The summed E-state index contributed by atoms with van der Waals surface area (Å²) in [6, 6.07) is 6.00. The Morgan fingerprint density at radius 2 is 2.16 bits per heavy atom. The van der Waals surface area contributed by atoms with Gasteiger partial charge in [-0.1, -0.05) is 12.1 Å². The second kappa shape index (κ2) is 7.79. The molecule has 1 aromatic carbocycles. The van der Waals surface area contributed by atoms with Crippen LogP contribution < -0.4 is 10.5 Å². The minimum atomic E-state index is -0.177. The van der Waals surface area contributed by atoms with Gasteiger partial charge in [0.05, 0.1) is 13.7 Å². The van der Waals surface area contributed by atoms with Crippen LogP contribution in [-0.2, 0) is 16.0 Å². The summed E-state index contributed by atoms with van der Waals surface area (Å²) in [5.74, 6) is 0.702. The summed E-state index contributed by atoms with van der Waals surface area (Å²) in [6.07, 6.45) is 1.78. The maximum Gasteiger partial charge on any atom is 0.305 e. The quantitative estimate of drug-likeness (QED) is 0.768. The van der Waals surface area contributed by atoms with Gasteiger partial charge in [0.15, 0.2) is 0 Å². The molecule has 0 heterocycles. The third-order valence-electron chi connectivity index (χ3n) is 2.98. The standard InChI is InChI=1S/C15H23NO3/c1-4-19-15(17)8-6-13(16)10-12-5-7-14(18-3)11(2)9-12/h5,7,9,13H,4,6,8,10,16H2,1-3H3. The van der Waals surface area contributed by atoms with Gasteiger partial charge in [-0.25, -0.2) is 0 Å². The van der Waals surface area contributed by atoms with Crippen molar-refractivity contribution in [1.29, 1.82) is 0 Å². The number of ether oxygens (including phenoxy) is 2. The second-order valence-corrected chi connectivity index (χ2v) is 4.61. The Hall–Kier alpha value is -1.55. The fourth-order valence-electron chi connectivity index (χ4n) is 2.01. The van der Waals surface area contributed by atoms with Crippen LogP contribution in [0, 0.1) is 6.92 Å². The molecule has 0 aliphatic heterocycles. The van der Waals surface area contributed by atoms with Gasteiger partial charge in [-0.05, 0) is 43.9 Å². The van der Waals surface area contributed by atoms with Crippen LogP contribution in [0.3, 0.4) is 0 Å². The predicted octanol–water partition coefficient (Wildman–Crippen LogP) is 2.22. The fourth-order valence-corrected chi connectivity index (χ4v) is 2.01. The SMILES string of the molecule is CCOC(=O)CCC(N)Cc1ccc(OC)c(C)c1. The van der Waals surface area contributed by atoms with E-state index in [1.807, 2.05) is 19.1 Å². The van der Waals surface area contributed by atoms with Gasteiger partial charge < -0.3 is 15.2 Å². The average molecular weight is 265 g/mol. The van der Waals surface area contributed by atoms with E-state index in [1.165, 1.54) is 0 Å². The molecule has 1 aromatic rings. The van der Waals surface area contributed by atoms with E-state index in [0.29, 0.717) is 19.4 Å². The van der Waals surface area contributed by atoms with Gasteiger partial charge in [0, 0.05) is 12.5 Å². The first-order valence-corrected chi connectivity index (χ1v) is 6.61. The lowest BCUT2D eigenvalue weighted by atomic mass is 10.0. The zero-order valence-electron chi connectivity index (χ0n) is 11.9. The Morgan fingerprint density at radius 1 is 1.42 bits per heavy atom. The van der Waals surface area contributed by atoms with E-state index in [2.05, 4.69) is 6.07 Å². The lowest BCUT2D eigenvalue weighted by molar-refractivity contribution is -0.143. The molecule has 1 unspecified atom stereocenters. The molecule has 0 aliphatic rings. The Bertz CT molecular complexity index is 418. The van der Waals surface area contributed by atoms with Gasteiger partial charge >= 0.3 is 5.97 Å². The summed E-state index contributed by atoms with van der Waals surface area (Å²) in [5.41, 5.74) is 8.29. The Kier molecular flexibility index (Phi) is 6.36. The van der Waals surface area contributed by atoms with Crippen LogP contribution in [0.1, 0.15) is 30.9 Å². The average Bonchev–Trinajstić information content (AvgIpc) is 2.37. The van der Waals surface area contributed by atoms with Crippen molar-refractivity contribution in [3.63, 3.8) is 0 Å². The number of hydrogen-bond donors (Lipinski definition) is 1. The Morgan fingerprint density at radius 3 is 2.74 bits per heavy atom. The highest BCUT2D eigenvalue weighted by atomic mass is 16.5. The highest BCUT2D eigenvalue weighted by Gasteiger charge is 2.09. The van der Waals surface area contributed by atoms with Gasteiger partial charge in [-0.3, -0.25) is 4.79 Å². The van der Waals surface area contributed by atoms with Gasteiger partial charge in [-0.2, -0.15) is 0 Å². The Labute approximate surface area is 114 Å². The number of carbonyl (C=O) groups is 1. The zero-order valence-corrected chi connectivity index (χ0v) is 11.9. The van der Waals surface area contributed by atoms with Crippen molar-refractivity contribution in [3.8, 4) is 5.75 Å². The lowest BCUT2D eigenvalue weighted by Crippen LogP contribution is -2.24. The first-order valence-electron chi connectivity index (χ1n) is 6.61. The molecule has 4 nitrogen and oxygen atoms in total. The number of carbonyl (C=O) groups excluding carboxylic acids is 1. The summed E-state index contributed by atoms with van der Waals surface area (Å²) in [4.78, 5) is 11.2. The van der Waals surface area contributed by atoms with E-state index < -0.39 is 0 Å². The highest BCUT2D eigenvalue weighted by molar-refractivity contribution is 5.69. The molecule has 0 spiro atoms. The van der Waals surface area contributed by atoms with Crippen LogP contribution in [0.15, 0.2) is 18.2 Å². The Balaban J connectivity index is 2.46. The molecule has 0 saturated heterocycles. The van der Waals surface area contributed by atoms with Gasteiger partial charge in [0.2, 0.25) is 0 Å². The molecule has 2 N–H and O–H groups in total. The number of rotatable bonds is 7. The third-order valence-corrected chi connectivity index (χ3v) is 2.98. The number of esters is 1. The number of nitrogens with two attached hydrogens (primary N) is 1. The number of methoxy groups -OCH3 is 1. The van der Waals surface area contributed by atoms with Crippen molar-refractivity contribution in [2.24, 2.45) is 5.73 Å². The molecular weight excluding hydrogens is 242 g/mol. The van der Waals surface area contributed by atoms with Crippen molar-refractivity contribution in [3.05, 3.63) is 29.3 Å². The number of hydrogen-bond acceptors (Lipinski definition) is 4. The largest absolute Gasteiger partial charge is 0.496 e. The molecule has 19 heavy (non-hydrogen) atoms. The molecule has 0 amide bonds. The maximum absolute atomic E-state index is 11.2. The molecule has 1 atom stereocenters. The van der Waals surface area contributed by atoms with Crippen molar-refractivity contribution in [1.82, 2.24) is 0 Å². The molecule has 0 radical (unpaired) electrons. The lowest BCUT2D eigenvalue weighted by Gasteiger charge is -2.13. The van der Waals surface area contributed by atoms with Crippen LogP contribution in [0.5, 0.6) is 5.75 Å². The molecule has 4 heteroatoms. The maximum atomic E-state index is 11.2. The first-order chi connectivity index (χ1) is 9.06. The molecule has 0 bridgehead atoms. The van der Waals surface area contributed by atoms with Crippen LogP contribution in [0.25, 0.3) is 0 Å². The smallest absolute Gasteiger partial charge is 0.305 e. The van der Waals surface area contributed by atoms with Crippen molar-refractivity contribution in [2.45, 2.75) is 39.2 Å². The molecular formula is C15H23NO3. The monoisotopic (exact) mass is 265 g/mol. The second-order valence-electron chi connectivity index (χ2n) is 4.61. The van der Waals surface area contributed by atoms with Crippen LogP contribution in [-0.4, -0.2) is 25.7 Å². The number of aryl methyl sites for hydroxylation is 1. The summed E-state index contributed by atoms with van der Waals surface area (Å²) in [7, 11) is 1.66. The van der Waals surface area contributed by atoms with E-state index in [0.717, 1.165) is 23.3 Å². The predicted molar refractivity (Wildman–Crippen MR) is 75.3 cm³/mol. The third kappa shape index (κ3) is 5.30. The van der Waals surface area contributed by atoms with Crippen LogP contribution >= 0.6 is 0 Å². The van der Waals surface area contributed by atoms with E-state index in [9.17, 15) is 4.79 Å². The van der Waals surface area contributed by atoms with Crippen molar-refractivity contribution >= 4 is 5.97 Å². The number of benzene rings is 1. The molecule has 0 aliphatic carbocycles.